The maximum absolute atomic E-state index is 12.1. The van der Waals surface area contributed by atoms with Gasteiger partial charge in [-0.1, -0.05) is 11.8 Å². The van der Waals surface area contributed by atoms with Gasteiger partial charge in [0.1, 0.15) is 0 Å². The van der Waals surface area contributed by atoms with Crippen molar-refractivity contribution in [2.45, 2.75) is 19.8 Å². The first-order valence-corrected chi connectivity index (χ1v) is 8.32. The molecule has 4 nitrogen and oxygen atoms in total. The predicted octanol–water partition coefficient (Wildman–Crippen LogP) is 2.22. The molecule has 2 rings (SSSR count). The van der Waals surface area contributed by atoms with E-state index in [9.17, 15) is 4.79 Å². The van der Waals surface area contributed by atoms with Gasteiger partial charge in [0.05, 0.1) is 27.6 Å². The third-order valence-corrected chi connectivity index (χ3v) is 4.52. The zero-order valence-corrected chi connectivity index (χ0v) is 13.3. The molecule has 0 aromatic carbocycles. The van der Waals surface area contributed by atoms with Crippen molar-refractivity contribution in [1.82, 2.24) is 10.3 Å². The van der Waals surface area contributed by atoms with Crippen molar-refractivity contribution in [3.05, 3.63) is 38.0 Å². The molecule has 0 unspecified atom stereocenters. The maximum atomic E-state index is 12.1. The molecule has 0 bridgehead atoms. The molecular weight excluding hydrogens is 304 g/mol. The van der Waals surface area contributed by atoms with Gasteiger partial charge < -0.3 is 10.4 Å². The summed E-state index contributed by atoms with van der Waals surface area (Å²) in [5, 5.41) is 13.6. The molecule has 0 aliphatic carbocycles. The summed E-state index contributed by atoms with van der Waals surface area (Å²) >= 11 is 2.94. The zero-order valence-electron chi connectivity index (χ0n) is 11.7. The van der Waals surface area contributed by atoms with Crippen molar-refractivity contribution in [3.8, 4) is 11.8 Å². The van der Waals surface area contributed by atoms with Gasteiger partial charge in [-0.25, -0.2) is 4.98 Å². The molecule has 1 amide bonds. The number of thiazole rings is 1. The summed E-state index contributed by atoms with van der Waals surface area (Å²) in [6, 6.07) is 1.85. The number of carbonyl (C=O) groups is 1. The van der Waals surface area contributed by atoms with Gasteiger partial charge in [-0.3, -0.25) is 4.79 Å². The molecule has 21 heavy (non-hydrogen) atoms. The smallest absolute Gasteiger partial charge is 0.261 e. The van der Waals surface area contributed by atoms with Crippen LogP contribution in [-0.4, -0.2) is 29.1 Å². The molecular formula is C15H16N2O2S2. The average molecular weight is 320 g/mol. The van der Waals surface area contributed by atoms with E-state index in [1.54, 1.807) is 16.8 Å². The van der Waals surface area contributed by atoms with Crippen molar-refractivity contribution in [2.24, 2.45) is 0 Å². The monoisotopic (exact) mass is 320 g/mol. The first kappa shape index (κ1) is 15.7. The van der Waals surface area contributed by atoms with Gasteiger partial charge in [0.2, 0.25) is 0 Å². The van der Waals surface area contributed by atoms with E-state index in [2.05, 4.69) is 22.1 Å². The van der Waals surface area contributed by atoms with Crippen LogP contribution in [0.5, 0.6) is 0 Å². The van der Waals surface area contributed by atoms with E-state index in [0.717, 1.165) is 22.6 Å². The van der Waals surface area contributed by atoms with Gasteiger partial charge in [0.25, 0.3) is 5.91 Å². The third-order valence-electron chi connectivity index (χ3n) is 2.73. The number of nitrogens with zero attached hydrogens (tertiary/aromatic N) is 1. The molecule has 2 heterocycles. The number of thiophene rings is 1. The Balaban J connectivity index is 1.90. The number of aryl methyl sites for hydroxylation is 1. The van der Waals surface area contributed by atoms with Gasteiger partial charge >= 0.3 is 0 Å². The second-order valence-corrected chi connectivity index (χ2v) is 6.15. The number of hydrogen-bond acceptors (Lipinski definition) is 5. The summed E-state index contributed by atoms with van der Waals surface area (Å²) in [6.07, 6.45) is 1.19. The van der Waals surface area contributed by atoms with Crippen molar-refractivity contribution in [2.75, 3.05) is 13.2 Å². The summed E-state index contributed by atoms with van der Waals surface area (Å²) < 4.78 is 0. The molecule has 0 aliphatic heterocycles. The minimum atomic E-state index is -0.0754. The Morgan fingerprint density at radius 2 is 2.38 bits per heavy atom. The molecule has 2 aromatic heterocycles. The fraction of sp³-hybridized carbons (Fsp3) is 0.333. The first-order chi connectivity index (χ1) is 10.2. The van der Waals surface area contributed by atoms with Gasteiger partial charge in [0, 0.05) is 24.8 Å². The van der Waals surface area contributed by atoms with Crippen LogP contribution in [0.2, 0.25) is 0 Å². The number of aliphatic hydroxyl groups is 1. The van der Waals surface area contributed by atoms with Crippen LogP contribution in [0.1, 0.15) is 32.2 Å². The Bertz CT molecular complexity index is 651. The lowest BCUT2D eigenvalue weighted by molar-refractivity contribution is 0.0958. The second-order valence-electron chi connectivity index (χ2n) is 4.38. The van der Waals surface area contributed by atoms with Crippen LogP contribution in [0.15, 0.2) is 17.0 Å². The largest absolute Gasteiger partial charge is 0.395 e. The van der Waals surface area contributed by atoms with Crippen LogP contribution in [0.25, 0.3) is 0 Å². The lowest BCUT2D eigenvalue weighted by atomic mass is 10.2. The van der Waals surface area contributed by atoms with E-state index >= 15 is 0 Å². The third kappa shape index (κ3) is 4.67. The van der Waals surface area contributed by atoms with E-state index in [1.807, 2.05) is 18.4 Å². The fourth-order valence-electron chi connectivity index (χ4n) is 1.67. The molecule has 6 heteroatoms. The normalized spacial score (nSPS) is 10.0. The minimum Gasteiger partial charge on any atom is -0.395 e. The van der Waals surface area contributed by atoms with Gasteiger partial charge in [-0.2, -0.15) is 0 Å². The van der Waals surface area contributed by atoms with E-state index in [-0.39, 0.29) is 12.5 Å². The summed E-state index contributed by atoms with van der Waals surface area (Å²) in [7, 11) is 0. The lowest BCUT2D eigenvalue weighted by Gasteiger charge is -2.01. The Morgan fingerprint density at radius 1 is 1.52 bits per heavy atom. The molecule has 0 atom stereocenters. The zero-order chi connectivity index (χ0) is 15.1. The minimum absolute atomic E-state index is 0.0569. The highest BCUT2D eigenvalue weighted by Gasteiger charge is 2.11. The van der Waals surface area contributed by atoms with Crippen LogP contribution in [0.4, 0.5) is 0 Å². The summed E-state index contributed by atoms with van der Waals surface area (Å²) in [5.41, 5.74) is 3.78. The van der Waals surface area contributed by atoms with Crippen LogP contribution in [-0.2, 0) is 6.42 Å². The lowest BCUT2D eigenvalue weighted by Crippen LogP contribution is -2.24. The molecule has 2 N–H and O–H groups in total. The Labute approximate surface area is 131 Å². The fourth-order valence-corrected chi connectivity index (χ4v) is 3.23. The highest BCUT2D eigenvalue weighted by molar-refractivity contribution is 7.14. The Morgan fingerprint density at radius 3 is 3.10 bits per heavy atom. The highest BCUT2D eigenvalue weighted by atomic mass is 32.1. The van der Waals surface area contributed by atoms with Gasteiger partial charge in [-0.05, 0) is 18.6 Å². The molecule has 0 radical (unpaired) electrons. The summed E-state index contributed by atoms with van der Waals surface area (Å²) in [5.74, 6) is 5.79. The van der Waals surface area contributed by atoms with E-state index in [4.69, 9.17) is 5.11 Å². The number of amides is 1. The number of carbonyl (C=O) groups excluding carboxylic acids is 1. The van der Waals surface area contributed by atoms with Crippen molar-refractivity contribution in [3.63, 3.8) is 0 Å². The Hall–Kier alpha value is -1.68. The molecule has 0 aliphatic rings. The van der Waals surface area contributed by atoms with Crippen molar-refractivity contribution < 1.29 is 9.90 Å². The second kappa shape index (κ2) is 7.93. The van der Waals surface area contributed by atoms with Crippen molar-refractivity contribution in [1.29, 1.82) is 0 Å². The Kier molecular flexibility index (Phi) is 5.93. The number of hydrogen-bond donors (Lipinski definition) is 2. The van der Waals surface area contributed by atoms with E-state index in [1.165, 1.54) is 11.3 Å². The summed E-state index contributed by atoms with van der Waals surface area (Å²) in [4.78, 5) is 17.8. The van der Waals surface area contributed by atoms with Gasteiger partial charge in [0.15, 0.2) is 0 Å². The van der Waals surface area contributed by atoms with Crippen LogP contribution < -0.4 is 5.32 Å². The SMILES string of the molecule is Cc1cc(C(=O)NCCc2cscn2)sc1C#CCCO. The standard InChI is InChI=1S/C15H16N2O2S2/c1-11-8-14(21-13(11)4-2-3-7-18)15(19)16-6-5-12-9-20-10-17-12/h8-10,18H,3,5-7H2,1H3,(H,16,19). The number of aromatic nitrogens is 1. The number of aliphatic hydroxyl groups excluding tert-OH is 1. The molecule has 0 fully saturated rings. The highest BCUT2D eigenvalue weighted by Crippen LogP contribution is 2.20. The van der Waals surface area contributed by atoms with E-state index < -0.39 is 0 Å². The van der Waals surface area contributed by atoms with E-state index in [0.29, 0.717) is 17.8 Å². The average Bonchev–Trinajstić information content (AvgIpc) is 3.09. The molecule has 110 valence electrons. The molecule has 0 spiro atoms. The number of rotatable bonds is 5. The van der Waals surface area contributed by atoms with Crippen LogP contribution in [0, 0.1) is 18.8 Å². The van der Waals surface area contributed by atoms with Crippen molar-refractivity contribution >= 4 is 28.6 Å². The predicted molar refractivity (Wildman–Crippen MR) is 85.8 cm³/mol. The molecule has 0 saturated heterocycles. The summed E-state index contributed by atoms with van der Waals surface area (Å²) in [6.45, 7) is 2.57. The number of nitrogens with one attached hydrogen (secondary N) is 1. The maximum Gasteiger partial charge on any atom is 0.261 e. The van der Waals surface area contributed by atoms with Gasteiger partial charge in [-0.15, -0.1) is 22.7 Å². The quantitative estimate of drug-likeness (QED) is 0.831. The molecule has 0 saturated carbocycles. The molecule has 2 aromatic rings. The van der Waals surface area contributed by atoms with Crippen LogP contribution in [0.3, 0.4) is 0 Å². The van der Waals surface area contributed by atoms with Crippen LogP contribution >= 0.6 is 22.7 Å². The first-order valence-electron chi connectivity index (χ1n) is 6.56. The topological polar surface area (TPSA) is 62.2 Å².